The van der Waals surface area contributed by atoms with E-state index in [-0.39, 0.29) is 0 Å². The summed E-state index contributed by atoms with van der Waals surface area (Å²) in [6.45, 7) is 5.13. The minimum absolute atomic E-state index is 0.715. The molecule has 1 aromatic rings. The fourth-order valence-electron chi connectivity index (χ4n) is 3.25. The van der Waals surface area contributed by atoms with Crippen LogP contribution < -0.4 is 15.4 Å². The highest BCUT2D eigenvalue weighted by molar-refractivity contribution is 5.79. The third-order valence-electron chi connectivity index (χ3n) is 4.79. The number of aliphatic imine (C=N–C) groups is 1. The van der Waals surface area contributed by atoms with Crippen LogP contribution in [-0.4, -0.2) is 56.7 Å². The SMILES string of the molecule is CN=C(NCCCOc1ccccc1)NCC1CCN(C2CC2)C1. The van der Waals surface area contributed by atoms with Gasteiger partial charge in [0, 0.05) is 32.7 Å². The largest absolute Gasteiger partial charge is 0.494 e. The summed E-state index contributed by atoms with van der Waals surface area (Å²) in [4.78, 5) is 6.97. The predicted octanol–water partition coefficient (Wildman–Crippen LogP) is 2.10. The zero-order valence-corrected chi connectivity index (χ0v) is 14.7. The normalized spacial score (nSPS) is 21.7. The van der Waals surface area contributed by atoms with Crippen LogP contribution in [0, 0.1) is 5.92 Å². The van der Waals surface area contributed by atoms with Crippen molar-refractivity contribution in [2.45, 2.75) is 31.7 Å². The van der Waals surface area contributed by atoms with Crippen molar-refractivity contribution in [3.63, 3.8) is 0 Å². The average Bonchev–Trinajstić information content (AvgIpc) is 3.37. The van der Waals surface area contributed by atoms with E-state index in [0.29, 0.717) is 6.61 Å². The van der Waals surface area contributed by atoms with Gasteiger partial charge in [-0.05, 0) is 50.3 Å². The zero-order valence-electron chi connectivity index (χ0n) is 14.7. The number of nitrogens with zero attached hydrogens (tertiary/aromatic N) is 2. The maximum atomic E-state index is 5.70. The Bertz CT molecular complexity index is 515. The summed E-state index contributed by atoms with van der Waals surface area (Å²) in [6.07, 6.45) is 5.09. The van der Waals surface area contributed by atoms with Gasteiger partial charge in [-0.3, -0.25) is 4.99 Å². The average molecular weight is 330 g/mol. The van der Waals surface area contributed by atoms with Crippen LogP contribution in [0.5, 0.6) is 5.75 Å². The van der Waals surface area contributed by atoms with Crippen molar-refractivity contribution in [2.24, 2.45) is 10.9 Å². The lowest BCUT2D eigenvalue weighted by atomic mass is 10.1. The number of rotatable bonds is 8. The van der Waals surface area contributed by atoms with E-state index in [1.807, 2.05) is 37.4 Å². The van der Waals surface area contributed by atoms with Gasteiger partial charge in [0.2, 0.25) is 0 Å². The Morgan fingerprint density at radius 1 is 1.21 bits per heavy atom. The highest BCUT2D eigenvalue weighted by Crippen LogP contribution is 2.31. The first-order chi connectivity index (χ1) is 11.8. The minimum Gasteiger partial charge on any atom is -0.494 e. The van der Waals surface area contributed by atoms with E-state index in [2.05, 4.69) is 20.5 Å². The second-order valence-corrected chi connectivity index (χ2v) is 6.78. The Balaban J connectivity index is 1.25. The number of hydrogen-bond donors (Lipinski definition) is 2. The van der Waals surface area contributed by atoms with Gasteiger partial charge in [-0.15, -0.1) is 0 Å². The molecule has 3 rings (SSSR count). The number of guanidine groups is 1. The zero-order chi connectivity index (χ0) is 16.6. The molecule has 5 nitrogen and oxygen atoms in total. The van der Waals surface area contributed by atoms with Crippen LogP contribution in [0.15, 0.2) is 35.3 Å². The topological polar surface area (TPSA) is 48.9 Å². The number of benzene rings is 1. The van der Waals surface area contributed by atoms with Gasteiger partial charge in [0.25, 0.3) is 0 Å². The molecule has 1 aromatic carbocycles. The number of hydrogen-bond acceptors (Lipinski definition) is 3. The second-order valence-electron chi connectivity index (χ2n) is 6.78. The second kappa shape index (κ2) is 8.92. The molecule has 2 fully saturated rings. The number of likely N-dealkylation sites (tertiary alicyclic amines) is 1. The molecule has 0 amide bonds. The van der Waals surface area contributed by atoms with Crippen molar-refractivity contribution in [1.29, 1.82) is 0 Å². The molecule has 1 saturated carbocycles. The molecule has 1 heterocycles. The molecule has 0 aromatic heterocycles. The summed E-state index contributed by atoms with van der Waals surface area (Å²) in [5, 5.41) is 6.84. The van der Waals surface area contributed by atoms with E-state index in [4.69, 9.17) is 4.74 Å². The Morgan fingerprint density at radius 2 is 2.04 bits per heavy atom. The van der Waals surface area contributed by atoms with Crippen molar-refractivity contribution < 1.29 is 4.74 Å². The van der Waals surface area contributed by atoms with Gasteiger partial charge in [0.05, 0.1) is 6.61 Å². The van der Waals surface area contributed by atoms with Crippen LogP contribution in [0.25, 0.3) is 0 Å². The fourth-order valence-corrected chi connectivity index (χ4v) is 3.25. The van der Waals surface area contributed by atoms with E-state index < -0.39 is 0 Å². The maximum absolute atomic E-state index is 5.70. The molecule has 2 N–H and O–H groups in total. The van der Waals surface area contributed by atoms with Crippen LogP contribution in [0.4, 0.5) is 0 Å². The van der Waals surface area contributed by atoms with E-state index >= 15 is 0 Å². The molecule has 1 atom stereocenters. The lowest BCUT2D eigenvalue weighted by Gasteiger charge is -2.17. The minimum atomic E-state index is 0.715. The standard InChI is InChI=1S/C19H30N4O/c1-20-19(21-11-5-13-24-18-6-3-2-4-7-18)22-14-16-10-12-23(15-16)17-8-9-17/h2-4,6-7,16-17H,5,8-15H2,1H3,(H2,20,21,22). The Morgan fingerprint density at radius 3 is 2.79 bits per heavy atom. The smallest absolute Gasteiger partial charge is 0.190 e. The van der Waals surface area contributed by atoms with Gasteiger partial charge < -0.3 is 20.3 Å². The third kappa shape index (κ3) is 5.41. The van der Waals surface area contributed by atoms with E-state index in [1.54, 1.807) is 0 Å². The number of nitrogens with one attached hydrogen (secondary N) is 2. The highest BCUT2D eigenvalue weighted by Gasteiger charge is 2.34. The summed E-state index contributed by atoms with van der Waals surface area (Å²) in [5.74, 6) is 2.59. The summed E-state index contributed by atoms with van der Waals surface area (Å²) in [7, 11) is 1.83. The summed E-state index contributed by atoms with van der Waals surface area (Å²) in [5.41, 5.74) is 0. The Hall–Kier alpha value is -1.75. The van der Waals surface area contributed by atoms with Crippen molar-refractivity contribution in [1.82, 2.24) is 15.5 Å². The van der Waals surface area contributed by atoms with Gasteiger partial charge in [0.15, 0.2) is 5.96 Å². The molecule has 1 unspecified atom stereocenters. The number of ether oxygens (including phenoxy) is 1. The molecular formula is C19H30N4O. The Labute approximate surface area is 145 Å². The van der Waals surface area contributed by atoms with Gasteiger partial charge >= 0.3 is 0 Å². The van der Waals surface area contributed by atoms with Crippen molar-refractivity contribution in [2.75, 3.05) is 39.8 Å². The van der Waals surface area contributed by atoms with Crippen LogP contribution in [0.2, 0.25) is 0 Å². The van der Waals surface area contributed by atoms with E-state index in [9.17, 15) is 0 Å². The van der Waals surface area contributed by atoms with Crippen molar-refractivity contribution in [3.8, 4) is 5.75 Å². The lowest BCUT2D eigenvalue weighted by molar-refractivity contribution is 0.310. The molecule has 5 heteroatoms. The molecule has 24 heavy (non-hydrogen) atoms. The van der Waals surface area contributed by atoms with Crippen molar-refractivity contribution >= 4 is 5.96 Å². The summed E-state index contributed by atoms with van der Waals surface area (Å²) >= 11 is 0. The van der Waals surface area contributed by atoms with E-state index in [1.165, 1.54) is 32.4 Å². The molecule has 0 radical (unpaired) electrons. The first-order valence-electron chi connectivity index (χ1n) is 9.21. The van der Waals surface area contributed by atoms with Gasteiger partial charge in [-0.25, -0.2) is 0 Å². The first-order valence-corrected chi connectivity index (χ1v) is 9.21. The van der Waals surface area contributed by atoms with Crippen LogP contribution >= 0.6 is 0 Å². The summed E-state index contributed by atoms with van der Waals surface area (Å²) < 4.78 is 5.70. The third-order valence-corrected chi connectivity index (χ3v) is 4.79. The maximum Gasteiger partial charge on any atom is 0.190 e. The molecule has 0 bridgehead atoms. The highest BCUT2D eigenvalue weighted by atomic mass is 16.5. The molecule has 0 spiro atoms. The van der Waals surface area contributed by atoms with Gasteiger partial charge in [-0.2, -0.15) is 0 Å². The molecular weight excluding hydrogens is 300 g/mol. The van der Waals surface area contributed by atoms with Crippen LogP contribution in [0.1, 0.15) is 25.7 Å². The molecule has 132 valence electrons. The molecule has 2 aliphatic rings. The molecule has 1 aliphatic carbocycles. The van der Waals surface area contributed by atoms with E-state index in [0.717, 1.165) is 43.2 Å². The first kappa shape index (κ1) is 17.1. The molecule has 1 saturated heterocycles. The van der Waals surface area contributed by atoms with Crippen LogP contribution in [0.3, 0.4) is 0 Å². The van der Waals surface area contributed by atoms with Gasteiger partial charge in [-0.1, -0.05) is 18.2 Å². The number of para-hydroxylation sites is 1. The van der Waals surface area contributed by atoms with Crippen LogP contribution in [-0.2, 0) is 0 Å². The van der Waals surface area contributed by atoms with Gasteiger partial charge in [0.1, 0.15) is 5.75 Å². The summed E-state index contributed by atoms with van der Waals surface area (Å²) in [6, 6.07) is 10.9. The Kier molecular flexibility index (Phi) is 6.35. The fraction of sp³-hybridized carbons (Fsp3) is 0.632. The molecule has 1 aliphatic heterocycles. The monoisotopic (exact) mass is 330 g/mol. The van der Waals surface area contributed by atoms with Crippen molar-refractivity contribution in [3.05, 3.63) is 30.3 Å². The lowest BCUT2D eigenvalue weighted by Crippen LogP contribution is -2.41. The predicted molar refractivity (Wildman–Crippen MR) is 98.6 cm³/mol. The quantitative estimate of drug-likeness (QED) is 0.435.